The van der Waals surface area contributed by atoms with E-state index in [-0.39, 0.29) is 35.8 Å². The van der Waals surface area contributed by atoms with Gasteiger partial charge in [-0.15, -0.1) is 0 Å². The molecule has 2 unspecified atom stereocenters. The van der Waals surface area contributed by atoms with E-state index in [1.165, 1.54) is 48.5 Å². The molecule has 0 spiro atoms. The minimum absolute atomic E-state index is 0.0536. The summed E-state index contributed by atoms with van der Waals surface area (Å²) < 4.78 is 50.5. The highest BCUT2D eigenvalue weighted by Gasteiger charge is 2.51. The van der Waals surface area contributed by atoms with E-state index in [1.807, 2.05) is 0 Å². The second-order valence-corrected chi connectivity index (χ2v) is 9.86. The number of amides is 1. The SMILES string of the molecule is O=C(NO)C1(CS(=O)(=O)c2ccc(Oc3ccc(F)cc3)cc2)CC2CCC(C1)O2. The number of hydroxylamine groups is 1. The van der Waals surface area contributed by atoms with Gasteiger partial charge in [-0.1, -0.05) is 0 Å². The fraction of sp³-hybridized carbons (Fsp3) is 0.381. The molecule has 0 radical (unpaired) electrons. The predicted molar refractivity (Wildman–Crippen MR) is 104 cm³/mol. The van der Waals surface area contributed by atoms with E-state index < -0.39 is 26.9 Å². The van der Waals surface area contributed by atoms with E-state index in [2.05, 4.69) is 0 Å². The van der Waals surface area contributed by atoms with Crippen molar-refractivity contribution in [2.45, 2.75) is 42.8 Å². The first-order valence-corrected chi connectivity index (χ1v) is 11.3. The first-order chi connectivity index (χ1) is 14.3. The Morgan fingerprint density at radius 1 is 1.07 bits per heavy atom. The fourth-order valence-electron chi connectivity index (χ4n) is 4.32. The molecule has 160 valence electrons. The van der Waals surface area contributed by atoms with Gasteiger partial charge in [0.2, 0.25) is 0 Å². The molecule has 7 nitrogen and oxygen atoms in total. The number of hydrogen-bond donors (Lipinski definition) is 2. The van der Waals surface area contributed by atoms with Gasteiger partial charge in [0.15, 0.2) is 9.84 Å². The number of hydrogen-bond acceptors (Lipinski definition) is 6. The van der Waals surface area contributed by atoms with Crippen LogP contribution >= 0.6 is 0 Å². The van der Waals surface area contributed by atoms with Crippen LogP contribution in [0.25, 0.3) is 0 Å². The average Bonchev–Trinajstić information content (AvgIpc) is 3.07. The Balaban J connectivity index is 1.53. The molecule has 0 saturated carbocycles. The van der Waals surface area contributed by atoms with Crippen molar-refractivity contribution in [1.29, 1.82) is 0 Å². The van der Waals surface area contributed by atoms with Crippen LogP contribution in [0.2, 0.25) is 0 Å². The number of halogens is 1. The highest BCUT2D eigenvalue weighted by Crippen LogP contribution is 2.45. The van der Waals surface area contributed by atoms with Crippen molar-refractivity contribution in [3.63, 3.8) is 0 Å². The van der Waals surface area contributed by atoms with E-state index in [4.69, 9.17) is 9.47 Å². The molecule has 2 N–H and O–H groups in total. The summed E-state index contributed by atoms with van der Waals surface area (Å²) in [6.07, 6.45) is 1.70. The number of rotatable bonds is 6. The van der Waals surface area contributed by atoms with Crippen LogP contribution in [0.5, 0.6) is 11.5 Å². The van der Waals surface area contributed by atoms with Gasteiger partial charge in [0, 0.05) is 0 Å². The highest BCUT2D eigenvalue weighted by atomic mass is 32.2. The Bertz CT molecular complexity index is 1010. The van der Waals surface area contributed by atoms with E-state index in [9.17, 15) is 22.8 Å². The van der Waals surface area contributed by atoms with Gasteiger partial charge >= 0.3 is 0 Å². The van der Waals surface area contributed by atoms with Crippen LogP contribution in [0.3, 0.4) is 0 Å². The molecule has 1 amide bonds. The van der Waals surface area contributed by atoms with Crippen LogP contribution in [-0.2, 0) is 19.4 Å². The first-order valence-electron chi connectivity index (χ1n) is 9.66. The van der Waals surface area contributed by atoms with Crippen LogP contribution in [-0.4, -0.2) is 37.5 Å². The first kappa shape index (κ1) is 20.8. The molecule has 2 aromatic carbocycles. The quantitative estimate of drug-likeness (QED) is 0.534. The van der Waals surface area contributed by atoms with Gasteiger partial charge < -0.3 is 9.47 Å². The molecule has 2 aliphatic rings. The van der Waals surface area contributed by atoms with Crippen LogP contribution in [0.1, 0.15) is 25.7 Å². The molecular formula is C21H22FNO6S. The number of ether oxygens (including phenoxy) is 2. The monoisotopic (exact) mass is 435 g/mol. The molecule has 4 rings (SSSR count). The largest absolute Gasteiger partial charge is 0.457 e. The van der Waals surface area contributed by atoms with Gasteiger partial charge in [0.1, 0.15) is 17.3 Å². The molecule has 2 heterocycles. The molecule has 0 aromatic heterocycles. The normalized spacial score (nSPS) is 25.7. The number of nitrogens with one attached hydrogen (secondary N) is 1. The lowest BCUT2D eigenvalue weighted by Crippen LogP contribution is -2.50. The fourth-order valence-corrected chi connectivity index (χ4v) is 6.14. The molecular weight excluding hydrogens is 413 g/mol. The summed E-state index contributed by atoms with van der Waals surface area (Å²) in [6, 6.07) is 11.3. The number of fused-ring (bicyclic) bond motifs is 2. The number of benzene rings is 2. The Labute approximate surface area is 173 Å². The molecule has 9 heteroatoms. The third-order valence-electron chi connectivity index (χ3n) is 5.71. The molecule has 2 saturated heterocycles. The molecule has 2 bridgehead atoms. The lowest BCUT2D eigenvalue weighted by Gasteiger charge is -2.38. The zero-order valence-electron chi connectivity index (χ0n) is 16.1. The Morgan fingerprint density at radius 2 is 1.60 bits per heavy atom. The smallest absolute Gasteiger partial charge is 0.250 e. The molecule has 2 aromatic rings. The van der Waals surface area contributed by atoms with Crippen LogP contribution in [0, 0.1) is 11.2 Å². The zero-order valence-corrected chi connectivity index (χ0v) is 16.9. The second-order valence-electron chi connectivity index (χ2n) is 7.87. The Kier molecular flexibility index (Phi) is 5.52. The van der Waals surface area contributed by atoms with Crippen molar-refractivity contribution in [2.75, 3.05) is 5.75 Å². The van der Waals surface area contributed by atoms with E-state index in [0.29, 0.717) is 11.5 Å². The average molecular weight is 435 g/mol. The summed E-state index contributed by atoms with van der Waals surface area (Å²) >= 11 is 0. The maximum atomic E-state index is 13.1. The predicted octanol–water partition coefficient (Wildman–Crippen LogP) is 3.22. The van der Waals surface area contributed by atoms with Crippen LogP contribution in [0.15, 0.2) is 53.4 Å². The van der Waals surface area contributed by atoms with Crippen LogP contribution in [0.4, 0.5) is 4.39 Å². The minimum Gasteiger partial charge on any atom is -0.457 e. The topological polar surface area (TPSA) is 102 Å². The molecule has 0 aliphatic carbocycles. The number of sulfone groups is 1. The van der Waals surface area contributed by atoms with E-state index in [1.54, 1.807) is 5.48 Å². The Morgan fingerprint density at radius 3 is 2.13 bits per heavy atom. The molecule has 2 aliphatic heterocycles. The van der Waals surface area contributed by atoms with Gasteiger partial charge in [-0.3, -0.25) is 10.0 Å². The number of carbonyl (C=O) groups is 1. The van der Waals surface area contributed by atoms with Gasteiger partial charge in [-0.25, -0.2) is 18.3 Å². The lowest BCUT2D eigenvalue weighted by atomic mass is 9.78. The van der Waals surface area contributed by atoms with E-state index in [0.717, 1.165) is 12.8 Å². The van der Waals surface area contributed by atoms with Crippen molar-refractivity contribution in [2.24, 2.45) is 5.41 Å². The number of carbonyl (C=O) groups excluding carboxylic acids is 1. The van der Waals surface area contributed by atoms with Crippen molar-refractivity contribution in [3.8, 4) is 11.5 Å². The van der Waals surface area contributed by atoms with Gasteiger partial charge in [-0.05, 0) is 74.2 Å². The summed E-state index contributed by atoms with van der Waals surface area (Å²) in [7, 11) is -3.82. The standard InChI is InChI=1S/C21H22FNO6S/c22-14-1-3-15(4-2-14)28-16-7-9-19(10-8-16)30(26,27)13-21(20(24)23-25)11-17-5-6-18(12-21)29-17/h1-4,7-10,17-18,25H,5-6,11-13H2,(H,23,24). The van der Waals surface area contributed by atoms with Crippen LogP contribution < -0.4 is 10.2 Å². The van der Waals surface area contributed by atoms with E-state index >= 15 is 0 Å². The van der Waals surface area contributed by atoms with Gasteiger partial charge in [0.05, 0.1) is 28.3 Å². The Hall–Kier alpha value is -2.49. The third kappa shape index (κ3) is 4.19. The summed E-state index contributed by atoms with van der Waals surface area (Å²) in [5.74, 6) is -0.676. The molecule has 30 heavy (non-hydrogen) atoms. The van der Waals surface area contributed by atoms with Crippen molar-refractivity contribution < 1.29 is 32.3 Å². The van der Waals surface area contributed by atoms with Crippen molar-refractivity contribution in [1.82, 2.24) is 5.48 Å². The summed E-state index contributed by atoms with van der Waals surface area (Å²) in [6.45, 7) is 0. The molecule has 2 atom stereocenters. The highest BCUT2D eigenvalue weighted by molar-refractivity contribution is 7.91. The molecule has 2 fully saturated rings. The maximum Gasteiger partial charge on any atom is 0.250 e. The zero-order chi connectivity index (χ0) is 21.4. The summed E-state index contributed by atoms with van der Waals surface area (Å²) in [5, 5.41) is 9.23. The van der Waals surface area contributed by atoms with Gasteiger partial charge in [0.25, 0.3) is 5.91 Å². The summed E-state index contributed by atoms with van der Waals surface area (Å²) in [4.78, 5) is 12.5. The minimum atomic E-state index is -3.82. The van der Waals surface area contributed by atoms with Crippen molar-refractivity contribution >= 4 is 15.7 Å². The third-order valence-corrected chi connectivity index (χ3v) is 7.64. The summed E-state index contributed by atoms with van der Waals surface area (Å²) in [5.41, 5.74) is 0.418. The lowest BCUT2D eigenvalue weighted by molar-refractivity contribution is -0.148. The second kappa shape index (κ2) is 7.98. The maximum absolute atomic E-state index is 13.1. The van der Waals surface area contributed by atoms with Crippen molar-refractivity contribution in [3.05, 3.63) is 54.3 Å². The van der Waals surface area contributed by atoms with Gasteiger partial charge in [-0.2, -0.15) is 0 Å².